The second-order valence-electron chi connectivity index (χ2n) is 5.57. The van der Waals surface area contributed by atoms with Crippen LogP contribution in [-0.2, 0) is 9.84 Å². The quantitative estimate of drug-likeness (QED) is 0.771. The first kappa shape index (κ1) is 16.4. The molecule has 1 atom stereocenters. The molecule has 0 unspecified atom stereocenters. The summed E-state index contributed by atoms with van der Waals surface area (Å²) in [6.07, 6.45) is 1.70. The van der Waals surface area contributed by atoms with Gasteiger partial charge in [-0.1, -0.05) is 41.5 Å². The summed E-state index contributed by atoms with van der Waals surface area (Å²) < 4.78 is 39.0. The molecule has 0 aliphatic carbocycles. The normalized spacial score (nSPS) is 12.7. The van der Waals surface area contributed by atoms with Crippen molar-refractivity contribution in [2.75, 3.05) is 0 Å². The summed E-state index contributed by atoms with van der Waals surface area (Å²) in [5, 5.41) is -0.819. The maximum Gasteiger partial charge on any atom is 0.188 e. The standard InChI is InChI=1S/C18H19FO2S/c1-13(2)12-18(15-6-8-16(19)9-7-15)22(20,21)17-10-4-14(3)5-11-17/h4-12,18H,1-3H3/t18-/m1/s1. The van der Waals surface area contributed by atoms with Crippen LogP contribution in [0, 0.1) is 12.7 Å². The number of rotatable bonds is 4. The molecule has 22 heavy (non-hydrogen) atoms. The molecule has 0 heterocycles. The molecule has 0 aliphatic rings. The minimum atomic E-state index is -3.58. The zero-order valence-corrected chi connectivity index (χ0v) is 13.7. The fourth-order valence-electron chi connectivity index (χ4n) is 2.19. The first-order valence-electron chi connectivity index (χ1n) is 7.02. The highest BCUT2D eigenvalue weighted by Gasteiger charge is 2.27. The molecule has 2 nitrogen and oxygen atoms in total. The van der Waals surface area contributed by atoms with E-state index in [-0.39, 0.29) is 10.7 Å². The number of hydrogen-bond donors (Lipinski definition) is 0. The van der Waals surface area contributed by atoms with Gasteiger partial charge in [0.1, 0.15) is 11.1 Å². The molecule has 0 saturated carbocycles. The van der Waals surface area contributed by atoms with E-state index in [2.05, 4.69) is 0 Å². The Morgan fingerprint density at radius 2 is 1.55 bits per heavy atom. The number of allylic oxidation sites excluding steroid dienone is 1. The largest absolute Gasteiger partial charge is 0.223 e. The highest BCUT2D eigenvalue weighted by Crippen LogP contribution is 2.31. The van der Waals surface area contributed by atoms with E-state index in [1.807, 2.05) is 20.8 Å². The number of sulfone groups is 1. The lowest BCUT2D eigenvalue weighted by Gasteiger charge is -2.16. The molecular weight excluding hydrogens is 299 g/mol. The molecule has 0 saturated heterocycles. The summed E-state index contributed by atoms with van der Waals surface area (Å²) in [7, 11) is -3.58. The summed E-state index contributed by atoms with van der Waals surface area (Å²) in [4.78, 5) is 0.268. The molecule has 116 valence electrons. The molecule has 2 aromatic rings. The first-order chi connectivity index (χ1) is 10.3. The zero-order chi connectivity index (χ0) is 16.3. The van der Waals surface area contributed by atoms with Crippen LogP contribution in [0.25, 0.3) is 0 Å². The van der Waals surface area contributed by atoms with Crippen molar-refractivity contribution in [3.05, 3.63) is 77.1 Å². The highest BCUT2D eigenvalue weighted by atomic mass is 32.2. The third kappa shape index (κ3) is 3.63. The van der Waals surface area contributed by atoms with Crippen LogP contribution in [0.1, 0.15) is 30.2 Å². The minimum Gasteiger partial charge on any atom is -0.223 e. The lowest BCUT2D eigenvalue weighted by atomic mass is 10.1. The summed E-state index contributed by atoms with van der Waals surface area (Å²) in [5.41, 5.74) is 2.45. The van der Waals surface area contributed by atoms with Gasteiger partial charge in [0.2, 0.25) is 0 Å². The summed E-state index contributed by atoms with van der Waals surface area (Å²) in [5.74, 6) is -0.382. The van der Waals surface area contributed by atoms with Crippen molar-refractivity contribution in [1.29, 1.82) is 0 Å². The third-order valence-corrected chi connectivity index (χ3v) is 5.37. The molecule has 0 radical (unpaired) electrons. The number of aryl methyl sites for hydroxylation is 1. The van der Waals surface area contributed by atoms with E-state index in [4.69, 9.17) is 0 Å². The second-order valence-corrected chi connectivity index (χ2v) is 7.64. The molecule has 0 spiro atoms. The Bertz CT molecular complexity index is 769. The lowest BCUT2D eigenvalue weighted by Crippen LogP contribution is -2.12. The average molecular weight is 318 g/mol. The molecule has 0 fully saturated rings. The van der Waals surface area contributed by atoms with Gasteiger partial charge >= 0.3 is 0 Å². The fraction of sp³-hybridized carbons (Fsp3) is 0.222. The van der Waals surface area contributed by atoms with Gasteiger partial charge < -0.3 is 0 Å². The van der Waals surface area contributed by atoms with E-state index >= 15 is 0 Å². The molecule has 0 aliphatic heterocycles. The Morgan fingerprint density at radius 3 is 2.05 bits per heavy atom. The van der Waals surface area contributed by atoms with Crippen molar-refractivity contribution in [3.8, 4) is 0 Å². The van der Waals surface area contributed by atoms with Gasteiger partial charge in [0.15, 0.2) is 9.84 Å². The van der Waals surface area contributed by atoms with Gasteiger partial charge in [-0.15, -0.1) is 0 Å². The van der Waals surface area contributed by atoms with E-state index in [1.54, 1.807) is 30.3 Å². The lowest BCUT2D eigenvalue weighted by molar-refractivity contribution is 0.589. The van der Waals surface area contributed by atoms with Crippen LogP contribution in [0.2, 0.25) is 0 Å². The Hall–Kier alpha value is -1.94. The SMILES string of the molecule is CC(C)=C[C@H](c1ccc(F)cc1)S(=O)(=O)c1ccc(C)cc1. The van der Waals surface area contributed by atoms with Crippen molar-refractivity contribution < 1.29 is 12.8 Å². The van der Waals surface area contributed by atoms with Crippen LogP contribution < -0.4 is 0 Å². The predicted molar refractivity (Wildman–Crippen MR) is 86.9 cm³/mol. The van der Waals surface area contributed by atoms with E-state index in [1.165, 1.54) is 24.3 Å². The summed E-state index contributed by atoms with van der Waals surface area (Å²) in [6.45, 7) is 5.60. The average Bonchev–Trinajstić information content (AvgIpc) is 2.46. The Labute approximate surface area is 131 Å². The molecular formula is C18H19FO2S. The van der Waals surface area contributed by atoms with Crippen molar-refractivity contribution in [2.24, 2.45) is 0 Å². The van der Waals surface area contributed by atoms with Crippen LogP contribution in [0.15, 0.2) is 65.1 Å². The molecule has 2 aromatic carbocycles. The van der Waals surface area contributed by atoms with Gasteiger partial charge in [-0.05, 0) is 50.6 Å². The Morgan fingerprint density at radius 1 is 1.00 bits per heavy atom. The Balaban J connectivity index is 2.55. The minimum absolute atomic E-state index is 0.268. The maximum absolute atomic E-state index is 13.1. The molecule has 4 heteroatoms. The molecule has 0 aromatic heterocycles. The maximum atomic E-state index is 13.1. The molecule has 0 amide bonds. The van der Waals surface area contributed by atoms with Gasteiger partial charge in [0, 0.05) is 0 Å². The molecule has 0 N–H and O–H groups in total. The second kappa shape index (κ2) is 6.44. The predicted octanol–water partition coefficient (Wildman–Crippen LogP) is 4.62. The first-order valence-corrected chi connectivity index (χ1v) is 8.56. The number of hydrogen-bond acceptors (Lipinski definition) is 2. The van der Waals surface area contributed by atoms with Crippen LogP contribution in [-0.4, -0.2) is 8.42 Å². The van der Waals surface area contributed by atoms with E-state index in [0.29, 0.717) is 5.56 Å². The van der Waals surface area contributed by atoms with Crippen LogP contribution in [0.4, 0.5) is 4.39 Å². The summed E-state index contributed by atoms with van der Waals surface area (Å²) >= 11 is 0. The molecule has 0 bridgehead atoms. The Kier molecular flexibility index (Phi) is 4.81. The van der Waals surface area contributed by atoms with E-state index < -0.39 is 15.1 Å². The fourth-order valence-corrected chi connectivity index (χ4v) is 3.97. The van der Waals surface area contributed by atoms with Gasteiger partial charge in [0.25, 0.3) is 0 Å². The van der Waals surface area contributed by atoms with Crippen LogP contribution in [0.5, 0.6) is 0 Å². The van der Waals surface area contributed by atoms with Gasteiger partial charge in [-0.25, -0.2) is 12.8 Å². The van der Waals surface area contributed by atoms with E-state index in [9.17, 15) is 12.8 Å². The highest BCUT2D eigenvalue weighted by molar-refractivity contribution is 7.91. The number of halogens is 1. The number of benzene rings is 2. The third-order valence-electron chi connectivity index (χ3n) is 3.37. The molecule has 2 rings (SSSR count). The van der Waals surface area contributed by atoms with Gasteiger partial charge in [-0.2, -0.15) is 0 Å². The van der Waals surface area contributed by atoms with Gasteiger partial charge in [-0.3, -0.25) is 0 Å². The van der Waals surface area contributed by atoms with Crippen molar-refractivity contribution >= 4 is 9.84 Å². The van der Waals surface area contributed by atoms with Crippen molar-refractivity contribution in [2.45, 2.75) is 30.9 Å². The van der Waals surface area contributed by atoms with Crippen LogP contribution >= 0.6 is 0 Å². The zero-order valence-electron chi connectivity index (χ0n) is 12.9. The topological polar surface area (TPSA) is 34.1 Å². The van der Waals surface area contributed by atoms with Crippen molar-refractivity contribution in [1.82, 2.24) is 0 Å². The summed E-state index contributed by atoms with van der Waals surface area (Å²) in [6, 6.07) is 12.4. The van der Waals surface area contributed by atoms with E-state index in [0.717, 1.165) is 11.1 Å². The van der Waals surface area contributed by atoms with Gasteiger partial charge in [0.05, 0.1) is 4.90 Å². The van der Waals surface area contributed by atoms with Crippen molar-refractivity contribution in [3.63, 3.8) is 0 Å². The monoisotopic (exact) mass is 318 g/mol. The van der Waals surface area contributed by atoms with Crippen LogP contribution in [0.3, 0.4) is 0 Å². The smallest absolute Gasteiger partial charge is 0.188 e.